The first kappa shape index (κ1) is 10.1. The number of nitrogens with two attached hydrogens (primary N) is 2. The molecule has 0 amide bonds. The zero-order valence-corrected chi connectivity index (χ0v) is 7.86. The fourth-order valence-electron chi connectivity index (χ4n) is 1.01. The van der Waals surface area contributed by atoms with Gasteiger partial charge in [0.2, 0.25) is 0 Å². The number of hydrogen-bond donors (Lipinski definition) is 2. The molecule has 0 aliphatic heterocycles. The Hall–Kier alpha value is -1.97. The van der Waals surface area contributed by atoms with Gasteiger partial charge in [-0.1, -0.05) is 12.1 Å². The molecule has 0 spiro atoms. The lowest BCUT2D eigenvalue weighted by Gasteiger charge is -1.99. The minimum Gasteiger partial charge on any atom is -0.464 e. The van der Waals surface area contributed by atoms with E-state index in [1.54, 1.807) is 24.3 Å². The lowest BCUT2D eigenvalue weighted by Crippen LogP contribution is -2.12. The van der Waals surface area contributed by atoms with E-state index in [4.69, 9.17) is 11.5 Å². The van der Waals surface area contributed by atoms with Crippen molar-refractivity contribution < 1.29 is 9.53 Å². The molecule has 1 aromatic carbocycles. The van der Waals surface area contributed by atoms with Crippen molar-refractivity contribution in [1.82, 2.24) is 0 Å². The second-order valence-electron chi connectivity index (χ2n) is 2.76. The summed E-state index contributed by atoms with van der Waals surface area (Å²) in [6, 6.07) is 7.05. The molecule has 0 bridgehead atoms. The largest absolute Gasteiger partial charge is 0.464 e. The Bertz CT molecular complexity index is 372. The van der Waals surface area contributed by atoms with E-state index in [9.17, 15) is 4.79 Å². The standard InChI is InChI=1S/C10H12N2O2/c1-14-10(13)9(12)6-7-3-2-4-8(11)5-7/h2-6H,11-12H2,1H3/b9-6-. The first-order chi connectivity index (χ1) is 6.63. The van der Waals surface area contributed by atoms with Gasteiger partial charge in [0.25, 0.3) is 0 Å². The Morgan fingerprint density at radius 2 is 2.21 bits per heavy atom. The van der Waals surface area contributed by atoms with Crippen LogP contribution in [0.5, 0.6) is 0 Å². The molecule has 0 aromatic heterocycles. The molecule has 1 rings (SSSR count). The number of methoxy groups -OCH3 is 1. The van der Waals surface area contributed by atoms with Crippen LogP contribution in [-0.4, -0.2) is 13.1 Å². The molecule has 0 saturated heterocycles. The lowest BCUT2D eigenvalue weighted by molar-refractivity contribution is -0.136. The van der Waals surface area contributed by atoms with E-state index in [1.165, 1.54) is 13.2 Å². The van der Waals surface area contributed by atoms with Crippen molar-refractivity contribution in [2.24, 2.45) is 5.73 Å². The molecule has 14 heavy (non-hydrogen) atoms. The molecule has 0 atom stereocenters. The first-order valence-corrected chi connectivity index (χ1v) is 4.04. The van der Waals surface area contributed by atoms with Crippen molar-refractivity contribution in [1.29, 1.82) is 0 Å². The molecule has 0 aliphatic rings. The molecular formula is C10H12N2O2. The number of anilines is 1. The van der Waals surface area contributed by atoms with Gasteiger partial charge in [-0.15, -0.1) is 0 Å². The third kappa shape index (κ3) is 2.52. The van der Waals surface area contributed by atoms with Crippen molar-refractivity contribution >= 4 is 17.7 Å². The second-order valence-corrected chi connectivity index (χ2v) is 2.76. The average Bonchev–Trinajstić information content (AvgIpc) is 2.16. The Kier molecular flexibility index (Phi) is 3.12. The number of hydrogen-bond acceptors (Lipinski definition) is 4. The number of nitrogen functional groups attached to an aromatic ring is 1. The average molecular weight is 192 g/mol. The van der Waals surface area contributed by atoms with Crippen molar-refractivity contribution in [2.75, 3.05) is 12.8 Å². The summed E-state index contributed by atoms with van der Waals surface area (Å²) in [6.45, 7) is 0. The summed E-state index contributed by atoms with van der Waals surface area (Å²) in [5.41, 5.74) is 12.5. The Morgan fingerprint density at radius 3 is 2.79 bits per heavy atom. The van der Waals surface area contributed by atoms with Crippen LogP contribution in [0, 0.1) is 0 Å². The van der Waals surface area contributed by atoms with Gasteiger partial charge in [0.1, 0.15) is 5.70 Å². The molecule has 0 heterocycles. The maximum atomic E-state index is 11.0. The highest BCUT2D eigenvalue weighted by atomic mass is 16.5. The Morgan fingerprint density at radius 1 is 1.50 bits per heavy atom. The van der Waals surface area contributed by atoms with E-state index >= 15 is 0 Å². The van der Waals surface area contributed by atoms with Crippen LogP contribution in [0.3, 0.4) is 0 Å². The van der Waals surface area contributed by atoms with Crippen molar-refractivity contribution in [3.63, 3.8) is 0 Å². The SMILES string of the molecule is COC(=O)/C(N)=C/c1cccc(N)c1. The van der Waals surface area contributed by atoms with Crippen molar-refractivity contribution in [2.45, 2.75) is 0 Å². The van der Waals surface area contributed by atoms with Crippen LogP contribution in [0.1, 0.15) is 5.56 Å². The Labute approximate surface area is 82.2 Å². The quantitative estimate of drug-likeness (QED) is 0.411. The number of carbonyl (C=O) groups is 1. The summed E-state index contributed by atoms with van der Waals surface area (Å²) < 4.78 is 4.45. The molecule has 0 aliphatic carbocycles. The summed E-state index contributed by atoms with van der Waals surface area (Å²) in [6.07, 6.45) is 1.52. The van der Waals surface area contributed by atoms with E-state index < -0.39 is 5.97 Å². The number of ether oxygens (including phenoxy) is 1. The maximum absolute atomic E-state index is 11.0. The topological polar surface area (TPSA) is 78.3 Å². The van der Waals surface area contributed by atoms with Gasteiger partial charge >= 0.3 is 5.97 Å². The summed E-state index contributed by atoms with van der Waals surface area (Å²) >= 11 is 0. The normalized spacial score (nSPS) is 11.1. The molecule has 74 valence electrons. The summed E-state index contributed by atoms with van der Waals surface area (Å²) in [5, 5.41) is 0. The van der Waals surface area contributed by atoms with Crippen LogP contribution >= 0.6 is 0 Å². The van der Waals surface area contributed by atoms with Crippen LogP contribution in [0.2, 0.25) is 0 Å². The molecule has 0 radical (unpaired) electrons. The van der Waals surface area contributed by atoms with Crippen molar-refractivity contribution in [3.05, 3.63) is 35.5 Å². The van der Waals surface area contributed by atoms with Crippen LogP contribution in [-0.2, 0) is 9.53 Å². The second kappa shape index (κ2) is 4.32. The van der Waals surface area contributed by atoms with Crippen molar-refractivity contribution in [3.8, 4) is 0 Å². The minimum absolute atomic E-state index is 0.0538. The predicted molar refractivity (Wildman–Crippen MR) is 55.0 cm³/mol. The number of carbonyl (C=O) groups excluding carboxylic acids is 1. The van der Waals surface area contributed by atoms with E-state index in [2.05, 4.69) is 4.74 Å². The molecule has 4 N–H and O–H groups in total. The molecule has 4 nitrogen and oxygen atoms in total. The van der Waals surface area contributed by atoms with E-state index in [0.717, 1.165) is 5.56 Å². The van der Waals surface area contributed by atoms with Gasteiger partial charge in [-0.3, -0.25) is 0 Å². The molecular weight excluding hydrogens is 180 g/mol. The molecule has 0 unspecified atom stereocenters. The van der Waals surface area contributed by atoms with Gasteiger partial charge in [-0.2, -0.15) is 0 Å². The highest BCUT2D eigenvalue weighted by Crippen LogP contribution is 2.09. The van der Waals surface area contributed by atoms with Gasteiger partial charge < -0.3 is 16.2 Å². The van der Waals surface area contributed by atoms with Crippen LogP contribution in [0.15, 0.2) is 30.0 Å². The highest BCUT2D eigenvalue weighted by molar-refractivity contribution is 5.92. The van der Waals surface area contributed by atoms with E-state index in [-0.39, 0.29) is 5.70 Å². The van der Waals surface area contributed by atoms with Crippen LogP contribution < -0.4 is 11.5 Å². The summed E-state index contributed by atoms with van der Waals surface area (Å²) in [4.78, 5) is 11.0. The fraction of sp³-hybridized carbons (Fsp3) is 0.100. The van der Waals surface area contributed by atoms with E-state index in [1.807, 2.05) is 0 Å². The molecule has 0 saturated carbocycles. The third-order valence-corrected chi connectivity index (χ3v) is 1.65. The molecule has 1 aromatic rings. The predicted octanol–water partition coefficient (Wildman–Crippen LogP) is 0.741. The molecule has 0 fully saturated rings. The third-order valence-electron chi connectivity index (χ3n) is 1.65. The lowest BCUT2D eigenvalue weighted by atomic mass is 10.2. The zero-order chi connectivity index (χ0) is 10.6. The summed E-state index contributed by atoms with van der Waals surface area (Å²) in [7, 11) is 1.28. The molecule has 4 heteroatoms. The first-order valence-electron chi connectivity index (χ1n) is 4.04. The van der Waals surface area contributed by atoms with Gasteiger partial charge in [0.05, 0.1) is 7.11 Å². The number of esters is 1. The van der Waals surface area contributed by atoms with Gasteiger partial charge in [0, 0.05) is 5.69 Å². The smallest absolute Gasteiger partial charge is 0.353 e. The van der Waals surface area contributed by atoms with Crippen LogP contribution in [0.4, 0.5) is 5.69 Å². The zero-order valence-electron chi connectivity index (χ0n) is 7.86. The van der Waals surface area contributed by atoms with E-state index in [0.29, 0.717) is 5.69 Å². The Balaban J connectivity index is 2.91. The number of benzene rings is 1. The monoisotopic (exact) mass is 192 g/mol. The minimum atomic E-state index is -0.549. The maximum Gasteiger partial charge on any atom is 0.353 e. The van der Waals surface area contributed by atoms with Crippen LogP contribution in [0.25, 0.3) is 6.08 Å². The highest BCUT2D eigenvalue weighted by Gasteiger charge is 2.03. The number of rotatable bonds is 2. The fourth-order valence-corrected chi connectivity index (χ4v) is 1.01. The van der Waals surface area contributed by atoms with Gasteiger partial charge in [-0.05, 0) is 23.8 Å². The van der Waals surface area contributed by atoms with Gasteiger partial charge in [-0.25, -0.2) is 4.79 Å². The van der Waals surface area contributed by atoms with Gasteiger partial charge in [0.15, 0.2) is 0 Å². The summed E-state index contributed by atoms with van der Waals surface area (Å²) in [5.74, 6) is -0.549.